The molecule has 0 aliphatic carbocycles. The molecule has 27 heavy (non-hydrogen) atoms. The quantitative estimate of drug-likeness (QED) is 0.529. The smallest absolute Gasteiger partial charge is 0.248 e. The van der Waals surface area contributed by atoms with Gasteiger partial charge in [0, 0.05) is 21.3 Å². The topological polar surface area (TPSA) is 54.8 Å². The van der Waals surface area contributed by atoms with E-state index in [9.17, 15) is 0 Å². The lowest BCUT2D eigenvalue weighted by Crippen LogP contribution is -2.20. The van der Waals surface area contributed by atoms with Crippen molar-refractivity contribution in [2.24, 2.45) is 0 Å². The molecule has 0 saturated heterocycles. The second-order valence-electron chi connectivity index (χ2n) is 6.32. The van der Waals surface area contributed by atoms with Crippen LogP contribution in [0.15, 0.2) is 48.8 Å². The molecule has 0 radical (unpaired) electrons. The van der Waals surface area contributed by atoms with E-state index in [0.29, 0.717) is 33.6 Å². The number of benzene rings is 2. The molecule has 3 rings (SSSR count). The summed E-state index contributed by atoms with van der Waals surface area (Å²) < 4.78 is 1.65. The molecule has 1 aromatic heterocycles. The van der Waals surface area contributed by atoms with Crippen molar-refractivity contribution in [3.63, 3.8) is 0 Å². The van der Waals surface area contributed by atoms with Gasteiger partial charge in [0.1, 0.15) is 6.33 Å². The predicted octanol–water partition coefficient (Wildman–Crippen LogP) is 5.57. The molecule has 0 aliphatic heterocycles. The van der Waals surface area contributed by atoms with Gasteiger partial charge >= 0.3 is 0 Å². The number of nitrogens with one attached hydrogen (secondary N) is 2. The van der Waals surface area contributed by atoms with Gasteiger partial charge in [-0.15, -0.1) is 5.10 Å². The SMILES string of the molecule is CC(C)c1ccc(NC(=S)Nc2ncn(Cc3c(Cl)cccc3Cl)n2)cc1. The molecule has 2 N–H and O–H groups in total. The van der Waals surface area contributed by atoms with E-state index in [1.165, 1.54) is 5.56 Å². The second kappa shape index (κ2) is 8.69. The van der Waals surface area contributed by atoms with E-state index in [1.807, 2.05) is 12.1 Å². The minimum atomic E-state index is 0.398. The lowest BCUT2D eigenvalue weighted by atomic mass is 10.0. The maximum absolute atomic E-state index is 6.20. The van der Waals surface area contributed by atoms with Crippen molar-refractivity contribution in [2.75, 3.05) is 10.6 Å². The number of thiocarbonyl (C=S) groups is 1. The maximum Gasteiger partial charge on any atom is 0.248 e. The molecule has 2 aromatic carbocycles. The number of anilines is 2. The Morgan fingerprint density at radius 3 is 2.37 bits per heavy atom. The number of rotatable bonds is 5. The lowest BCUT2D eigenvalue weighted by molar-refractivity contribution is 0.687. The average molecular weight is 420 g/mol. The van der Waals surface area contributed by atoms with E-state index in [0.717, 1.165) is 11.3 Å². The summed E-state index contributed by atoms with van der Waals surface area (Å²) in [6, 6.07) is 13.5. The van der Waals surface area contributed by atoms with Gasteiger partial charge in [0.25, 0.3) is 0 Å². The third-order valence-corrected chi connectivity index (χ3v) is 4.89. The molecule has 1 heterocycles. The summed E-state index contributed by atoms with van der Waals surface area (Å²) in [6.45, 7) is 4.74. The Labute approximate surface area is 173 Å². The summed E-state index contributed by atoms with van der Waals surface area (Å²) in [7, 11) is 0. The van der Waals surface area contributed by atoms with Crippen LogP contribution in [0.4, 0.5) is 11.6 Å². The summed E-state index contributed by atoms with van der Waals surface area (Å²) in [5.74, 6) is 0.887. The highest BCUT2D eigenvalue weighted by atomic mass is 35.5. The van der Waals surface area contributed by atoms with Crippen molar-refractivity contribution < 1.29 is 0 Å². The van der Waals surface area contributed by atoms with Gasteiger partial charge in [-0.2, -0.15) is 0 Å². The largest absolute Gasteiger partial charge is 0.332 e. The van der Waals surface area contributed by atoms with Gasteiger partial charge in [-0.25, -0.2) is 9.67 Å². The number of halogens is 2. The molecule has 8 heteroatoms. The third-order valence-electron chi connectivity index (χ3n) is 3.98. The highest BCUT2D eigenvalue weighted by molar-refractivity contribution is 7.80. The van der Waals surface area contributed by atoms with Crippen LogP contribution >= 0.6 is 35.4 Å². The van der Waals surface area contributed by atoms with Gasteiger partial charge in [0.2, 0.25) is 5.95 Å². The monoisotopic (exact) mass is 419 g/mol. The molecular formula is C19H19Cl2N5S. The summed E-state index contributed by atoms with van der Waals surface area (Å²) in [6.07, 6.45) is 1.60. The minimum absolute atomic E-state index is 0.398. The molecule has 0 bridgehead atoms. The molecule has 140 valence electrons. The Morgan fingerprint density at radius 2 is 1.74 bits per heavy atom. The molecule has 5 nitrogen and oxygen atoms in total. The Kier molecular flexibility index (Phi) is 6.31. The van der Waals surface area contributed by atoms with E-state index in [4.69, 9.17) is 35.4 Å². The Hall–Kier alpha value is -2.15. The minimum Gasteiger partial charge on any atom is -0.332 e. The fraction of sp³-hybridized carbons (Fsp3) is 0.211. The van der Waals surface area contributed by atoms with Crippen molar-refractivity contribution in [1.29, 1.82) is 0 Å². The zero-order valence-corrected chi connectivity index (χ0v) is 17.2. The van der Waals surface area contributed by atoms with Gasteiger partial charge in [-0.3, -0.25) is 5.32 Å². The standard InChI is InChI=1S/C19H19Cl2N5S/c1-12(2)13-6-8-14(9-7-13)23-19(27)24-18-22-11-26(25-18)10-15-16(20)4-3-5-17(15)21/h3-9,11-12H,10H2,1-2H3,(H2,23,24,25,27). The van der Waals surface area contributed by atoms with Gasteiger partial charge in [0.05, 0.1) is 6.54 Å². The van der Waals surface area contributed by atoms with Crippen LogP contribution in [0, 0.1) is 0 Å². The first kappa shape index (κ1) is 19.6. The number of aromatic nitrogens is 3. The highest BCUT2D eigenvalue weighted by Gasteiger charge is 2.09. The first-order valence-electron chi connectivity index (χ1n) is 8.42. The van der Waals surface area contributed by atoms with Crippen LogP contribution in [-0.2, 0) is 6.54 Å². The molecule has 0 fully saturated rings. The predicted molar refractivity (Wildman–Crippen MR) is 116 cm³/mol. The van der Waals surface area contributed by atoms with E-state index < -0.39 is 0 Å². The van der Waals surface area contributed by atoms with Gasteiger partial charge < -0.3 is 5.32 Å². The number of nitrogens with zero attached hydrogens (tertiary/aromatic N) is 3. The Bertz CT molecular complexity index is 917. The first-order chi connectivity index (χ1) is 12.9. The fourth-order valence-electron chi connectivity index (χ4n) is 2.49. The Morgan fingerprint density at radius 1 is 1.07 bits per heavy atom. The van der Waals surface area contributed by atoms with Crippen molar-refractivity contribution in [3.8, 4) is 0 Å². The molecule has 0 saturated carbocycles. The van der Waals surface area contributed by atoms with Crippen LogP contribution < -0.4 is 10.6 Å². The zero-order valence-electron chi connectivity index (χ0n) is 14.9. The molecule has 3 aromatic rings. The summed E-state index contributed by atoms with van der Waals surface area (Å²) >= 11 is 17.7. The summed E-state index contributed by atoms with van der Waals surface area (Å²) in [5, 5.41) is 12.1. The normalized spacial score (nSPS) is 10.9. The van der Waals surface area contributed by atoms with Crippen molar-refractivity contribution >= 4 is 52.2 Å². The number of hydrogen-bond acceptors (Lipinski definition) is 3. The van der Waals surface area contributed by atoms with Crippen molar-refractivity contribution in [1.82, 2.24) is 14.8 Å². The van der Waals surface area contributed by atoms with Crippen LogP contribution in [-0.4, -0.2) is 19.9 Å². The van der Waals surface area contributed by atoms with E-state index in [2.05, 4.69) is 46.7 Å². The van der Waals surface area contributed by atoms with E-state index in [1.54, 1.807) is 29.2 Å². The van der Waals surface area contributed by atoms with Gasteiger partial charge in [-0.05, 0) is 48.0 Å². The van der Waals surface area contributed by atoms with Crippen LogP contribution in [0.1, 0.15) is 30.9 Å². The molecule has 0 spiro atoms. The summed E-state index contributed by atoms with van der Waals surface area (Å²) in [4.78, 5) is 4.22. The van der Waals surface area contributed by atoms with Crippen LogP contribution in [0.5, 0.6) is 0 Å². The summed E-state index contributed by atoms with van der Waals surface area (Å²) in [5.41, 5.74) is 2.97. The van der Waals surface area contributed by atoms with Crippen molar-refractivity contribution in [2.45, 2.75) is 26.3 Å². The zero-order chi connectivity index (χ0) is 19.4. The number of hydrogen-bond donors (Lipinski definition) is 2. The van der Waals surface area contributed by atoms with Crippen LogP contribution in [0.3, 0.4) is 0 Å². The van der Waals surface area contributed by atoms with E-state index in [-0.39, 0.29) is 0 Å². The molecule has 0 unspecified atom stereocenters. The van der Waals surface area contributed by atoms with Crippen LogP contribution in [0.2, 0.25) is 10.0 Å². The fourth-order valence-corrected chi connectivity index (χ4v) is 3.21. The van der Waals surface area contributed by atoms with E-state index >= 15 is 0 Å². The van der Waals surface area contributed by atoms with Crippen molar-refractivity contribution in [3.05, 3.63) is 70.0 Å². The molecular weight excluding hydrogens is 401 g/mol. The second-order valence-corrected chi connectivity index (χ2v) is 7.54. The molecule has 0 atom stereocenters. The van der Waals surface area contributed by atoms with Gasteiger partial charge in [0.15, 0.2) is 5.11 Å². The lowest BCUT2D eigenvalue weighted by Gasteiger charge is -2.10. The molecule has 0 aliphatic rings. The first-order valence-corrected chi connectivity index (χ1v) is 9.59. The average Bonchev–Trinajstić information content (AvgIpc) is 3.05. The Balaban J connectivity index is 1.61. The third kappa shape index (κ3) is 5.19. The maximum atomic E-state index is 6.20. The highest BCUT2D eigenvalue weighted by Crippen LogP contribution is 2.25. The van der Waals surface area contributed by atoms with Gasteiger partial charge in [-0.1, -0.05) is 55.2 Å². The molecule has 0 amide bonds. The van der Waals surface area contributed by atoms with Crippen LogP contribution in [0.25, 0.3) is 0 Å².